The number of carboxylic acids is 1. The summed E-state index contributed by atoms with van der Waals surface area (Å²) in [7, 11) is 0. The predicted molar refractivity (Wildman–Crippen MR) is 78.9 cm³/mol. The molecule has 1 heterocycles. The Bertz CT molecular complexity index is 429. The van der Waals surface area contributed by atoms with E-state index in [9.17, 15) is 14.7 Å². The summed E-state index contributed by atoms with van der Waals surface area (Å²) in [5, 5.41) is 12.5. The molecule has 3 fully saturated rings. The van der Waals surface area contributed by atoms with Gasteiger partial charge in [-0.1, -0.05) is 0 Å². The van der Waals surface area contributed by atoms with E-state index < -0.39 is 5.97 Å². The highest BCUT2D eigenvalue weighted by atomic mass is 16.4. The molecule has 2 aliphatic carbocycles. The second-order valence-corrected chi connectivity index (χ2v) is 7.21. The number of nitrogens with zero attached hydrogens (tertiary/aromatic N) is 1. The Balaban J connectivity index is 1.70. The quantitative estimate of drug-likeness (QED) is 0.822. The number of hydrogen-bond acceptors (Lipinski definition) is 2. The summed E-state index contributed by atoms with van der Waals surface area (Å²) in [4.78, 5) is 26.1. The fraction of sp³-hybridized carbons (Fsp3) is 0.875. The normalized spacial score (nSPS) is 42.1. The number of carbonyl (C=O) groups excluding carboxylic acids is 1. The zero-order valence-electron chi connectivity index (χ0n) is 12.9. The lowest BCUT2D eigenvalue weighted by Gasteiger charge is -2.40. The van der Waals surface area contributed by atoms with E-state index in [0.29, 0.717) is 5.92 Å². The summed E-state index contributed by atoms with van der Waals surface area (Å²) in [6, 6.07) is 0.264. The van der Waals surface area contributed by atoms with Gasteiger partial charge in [0.25, 0.3) is 0 Å². The molecule has 0 spiro atoms. The van der Waals surface area contributed by atoms with Gasteiger partial charge in [0, 0.05) is 18.1 Å². The van der Waals surface area contributed by atoms with Crippen LogP contribution in [0.1, 0.15) is 52.4 Å². The van der Waals surface area contributed by atoms with Crippen molar-refractivity contribution in [3.05, 3.63) is 0 Å². The van der Waals surface area contributed by atoms with E-state index in [1.54, 1.807) is 0 Å². The molecule has 118 valence electrons. The van der Waals surface area contributed by atoms with Crippen LogP contribution in [0.3, 0.4) is 0 Å². The molecule has 5 nitrogen and oxygen atoms in total. The molecular formula is C16H26N2O3. The first-order chi connectivity index (χ1) is 9.99. The second-order valence-electron chi connectivity index (χ2n) is 7.21. The molecule has 1 aliphatic heterocycles. The SMILES string of the molecule is CC1CCCC(C)N1C(=O)NC1C2CCC(C2)C1C(=O)O. The lowest BCUT2D eigenvalue weighted by atomic mass is 9.84. The van der Waals surface area contributed by atoms with Crippen LogP contribution in [0.2, 0.25) is 0 Å². The molecule has 2 bridgehead atoms. The van der Waals surface area contributed by atoms with Crippen molar-refractivity contribution in [3.8, 4) is 0 Å². The number of aliphatic carboxylic acids is 1. The average molecular weight is 294 g/mol. The highest BCUT2D eigenvalue weighted by Gasteiger charge is 2.52. The average Bonchev–Trinajstić information content (AvgIpc) is 2.98. The molecule has 2 saturated carbocycles. The molecule has 2 amide bonds. The summed E-state index contributed by atoms with van der Waals surface area (Å²) >= 11 is 0. The molecule has 3 aliphatic rings. The van der Waals surface area contributed by atoms with Crippen LogP contribution in [-0.2, 0) is 4.79 Å². The lowest BCUT2D eigenvalue weighted by molar-refractivity contribution is -0.144. The molecule has 0 radical (unpaired) electrons. The van der Waals surface area contributed by atoms with Gasteiger partial charge in [0.1, 0.15) is 0 Å². The molecule has 6 unspecified atom stereocenters. The fourth-order valence-electron chi connectivity index (χ4n) is 4.89. The minimum Gasteiger partial charge on any atom is -0.481 e. The molecule has 1 saturated heterocycles. The largest absolute Gasteiger partial charge is 0.481 e. The number of fused-ring (bicyclic) bond motifs is 2. The number of amides is 2. The maximum Gasteiger partial charge on any atom is 0.318 e. The van der Waals surface area contributed by atoms with Crippen LogP contribution in [0.4, 0.5) is 4.79 Å². The van der Waals surface area contributed by atoms with Gasteiger partial charge in [-0.3, -0.25) is 4.79 Å². The lowest BCUT2D eigenvalue weighted by Crippen LogP contribution is -2.56. The molecule has 3 rings (SSSR count). The number of likely N-dealkylation sites (tertiary alicyclic amines) is 1. The molecule has 21 heavy (non-hydrogen) atoms. The predicted octanol–water partition coefficient (Wildman–Crippen LogP) is 2.46. The van der Waals surface area contributed by atoms with Gasteiger partial charge in [-0.05, 0) is 64.2 Å². The highest BCUT2D eigenvalue weighted by molar-refractivity contribution is 5.78. The molecular weight excluding hydrogens is 268 g/mol. The van der Waals surface area contributed by atoms with Gasteiger partial charge in [-0.2, -0.15) is 0 Å². The van der Waals surface area contributed by atoms with E-state index in [4.69, 9.17) is 0 Å². The zero-order valence-corrected chi connectivity index (χ0v) is 12.9. The number of nitrogens with one attached hydrogen (secondary N) is 1. The zero-order chi connectivity index (χ0) is 15.1. The Morgan fingerprint density at radius 1 is 1.05 bits per heavy atom. The first-order valence-electron chi connectivity index (χ1n) is 8.30. The maximum absolute atomic E-state index is 12.6. The number of urea groups is 1. The van der Waals surface area contributed by atoms with Crippen LogP contribution in [0.5, 0.6) is 0 Å². The van der Waals surface area contributed by atoms with Crippen LogP contribution >= 0.6 is 0 Å². The van der Waals surface area contributed by atoms with Crippen molar-refractivity contribution in [2.45, 2.75) is 70.5 Å². The summed E-state index contributed by atoms with van der Waals surface area (Å²) in [6.07, 6.45) is 6.27. The van der Waals surface area contributed by atoms with E-state index in [0.717, 1.165) is 38.5 Å². The number of rotatable bonds is 2. The third kappa shape index (κ3) is 2.51. The van der Waals surface area contributed by atoms with E-state index in [2.05, 4.69) is 19.2 Å². The van der Waals surface area contributed by atoms with Gasteiger partial charge in [0.05, 0.1) is 5.92 Å². The van der Waals surface area contributed by atoms with Crippen LogP contribution in [-0.4, -0.2) is 40.1 Å². The van der Waals surface area contributed by atoms with Crippen LogP contribution in [0.15, 0.2) is 0 Å². The van der Waals surface area contributed by atoms with Gasteiger partial charge >= 0.3 is 12.0 Å². The van der Waals surface area contributed by atoms with E-state index >= 15 is 0 Å². The molecule has 0 aromatic carbocycles. The molecule has 6 atom stereocenters. The van der Waals surface area contributed by atoms with Crippen molar-refractivity contribution in [3.63, 3.8) is 0 Å². The molecule has 0 aromatic heterocycles. The van der Waals surface area contributed by atoms with Gasteiger partial charge in [0.15, 0.2) is 0 Å². The van der Waals surface area contributed by atoms with Crippen molar-refractivity contribution in [1.82, 2.24) is 10.2 Å². The van der Waals surface area contributed by atoms with Crippen LogP contribution in [0.25, 0.3) is 0 Å². The monoisotopic (exact) mass is 294 g/mol. The van der Waals surface area contributed by atoms with Gasteiger partial charge in [-0.15, -0.1) is 0 Å². The maximum atomic E-state index is 12.6. The minimum absolute atomic E-state index is 0.0569. The van der Waals surface area contributed by atoms with Crippen molar-refractivity contribution in [1.29, 1.82) is 0 Å². The molecule has 5 heteroatoms. The van der Waals surface area contributed by atoms with Crippen molar-refractivity contribution < 1.29 is 14.7 Å². The summed E-state index contributed by atoms with van der Waals surface area (Å²) < 4.78 is 0. The summed E-state index contributed by atoms with van der Waals surface area (Å²) in [6.45, 7) is 4.18. The molecule has 0 aromatic rings. The first kappa shape index (κ1) is 14.7. The van der Waals surface area contributed by atoms with Crippen molar-refractivity contribution in [2.75, 3.05) is 0 Å². The smallest absolute Gasteiger partial charge is 0.318 e. The standard InChI is InChI=1S/C16H26N2O3/c1-9-4-3-5-10(2)18(9)16(21)17-14-12-7-6-11(8-12)13(14)15(19)20/h9-14H,3-8H2,1-2H3,(H,17,21)(H,19,20). The van der Waals surface area contributed by atoms with Crippen molar-refractivity contribution >= 4 is 12.0 Å². The Morgan fingerprint density at radius 2 is 1.67 bits per heavy atom. The Hall–Kier alpha value is -1.26. The third-order valence-electron chi connectivity index (χ3n) is 5.92. The first-order valence-corrected chi connectivity index (χ1v) is 8.30. The Morgan fingerprint density at radius 3 is 2.29 bits per heavy atom. The number of piperidine rings is 1. The third-order valence-corrected chi connectivity index (χ3v) is 5.92. The number of carbonyl (C=O) groups is 2. The number of hydrogen-bond donors (Lipinski definition) is 2. The van der Waals surface area contributed by atoms with Gasteiger partial charge in [0.2, 0.25) is 0 Å². The van der Waals surface area contributed by atoms with E-state index in [1.807, 2.05) is 4.90 Å². The van der Waals surface area contributed by atoms with Crippen LogP contribution in [0, 0.1) is 17.8 Å². The highest BCUT2D eigenvalue weighted by Crippen LogP contribution is 2.48. The Kier molecular flexibility index (Phi) is 3.84. The van der Waals surface area contributed by atoms with Crippen molar-refractivity contribution in [2.24, 2.45) is 17.8 Å². The van der Waals surface area contributed by atoms with Crippen LogP contribution < -0.4 is 5.32 Å². The topological polar surface area (TPSA) is 69.6 Å². The second kappa shape index (κ2) is 5.50. The number of carboxylic acid groups (broad SMARTS) is 1. The van der Waals surface area contributed by atoms with E-state index in [-0.39, 0.29) is 36.0 Å². The Labute approximate surface area is 126 Å². The molecule has 2 N–H and O–H groups in total. The van der Waals surface area contributed by atoms with Gasteiger partial charge in [-0.25, -0.2) is 4.79 Å². The summed E-state index contributed by atoms with van der Waals surface area (Å²) in [5.74, 6) is -0.514. The fourth-order valence-corrected chi connectivity index (χ4v) is 4.89. The van der Waals surface area contributed by atoms with Gasteiger partial charge < -0.3 is 15.3 Å². The minimum atomic E-state index is -0.743. The van der Waals surface area contributed by atoms with E-state index in [1.165, 1.54) is 0 Å². The summed E-state index contributed by atoms with van der Waals surface area (Å²) in [5.41, 5.74) is 0.